The lowest BCUT2D eigenvalue weighted by Gasteiger charge is -2.17. The fourth-order valence-corrected chi connectivity index (χ4v) is 4.26. The molecule has 1 amide bonds. The van der Waals surface area contributed by atoms with Gasteiger partial charge in [0.2, 0.25) is 15.9 Å². The zero-order valence-corrected chi connectivity index (χ0v) is 19.0. The number of nitrogens with one attached hydrogen (secondary N) is 2. The van der Waals surface area contributed by atoms with Gasteiger partial charge in [0.15, 0.2) is 5.75 Å². The van der Waals surface area contributed by atoms with E-state index >= 15 is 0 Å². The number of carbonyl (C=O) groups excluding carboxylic acids is 1. The van der Waals surface area contributed by atoms with E-state index in [4.69, 9.17) is 9.47 Å². The maximum atomic E-state index is 12.8. The van der Waals surface area contributed by atoms with Crippen molar-refractivity contribution in [3.8, 4) is 17.2 Å². The van der Waals surface area contributed by atoms with Gasteiger partial charge in [-0.1, -0.05) is 30.3 Å². The normalized spacial score (nSPS) is 12.1. The predicted octanol–water partition coefficient (Wildman–Crippen LogP) is 4.49. The molecule has 3 aromatic rings. The molecule has 0 aliphatic carbocycles. The molecular weight excluding hydrogens is 428 g/mol. The largest absolute Gasteiger partial charge is 0.494 e. The van der Waals surface area contributed by atoms with Crippen LogP contribution in [0.5, 0.6) is 17.2 Å². The van der Waals surface area contributed by atoms with Gasteiger partial charge in [-0.05, 0) is 68.8 Å². The molecule has 0 saturated carbocycles. The fourth-order valence-electron chi connectivity index (χ4n) is 2.98. The van der Waals surface area contributed by atoms with Crippen LogP contribution >= 0.6 is 0 Å². The van der Waals surface area contributed by atoms with Crippen LogP contribution in [0.15, 0.2) is 77.7 Å². The Morgan fingerprint density at radius 3 is 2.34 bits per heavy atom. The van der Waals surface area contributed by atoms with Crippen LogP contribution in [0.4, 0.5) is 5.69 Å². The van der Waals surface area contributed by atoms with Crippen LogP contribution < -0.4 is 19.5 Å². The van der Waals surface area contributed by atoms with E-state index in [9.17, 15) is 13.2 Å². The van der Waals surface area contributed by atoms with Gasteiger partial charge in [0.1, 0.15) is 11.5 Å². The van der Waals surface area contributed by atoms with Gasteiger partial charge in [0.25, 0.3) is 0 Å². The number of ether oxygens (including phenoxy) is 2. The predicted molar refractivity (Wildman–Crippen MR) is 124 cm³/mol. The minimum absolute atomic E-state index is 0.0610. The van der Waals surface area contributed by atoms with Gasteiger partial charge in [-0.25, -0.2) is 8.42 Å². The second-order valence-electron chi connectivity index (χ2n) is 7.10. The van der Waals surface area contributed by atoms with Crippen molar-refractivity contribution in [3.05, 3.63) is 78.4 Å². The zero-order chi connectivity index (χ0) is 23.1. The van der Waals surface area contributed by atoms with Gasteiger partial charge in [-0.3, -0.25) is 4.79 Å². The molecule has 0 saturated heterocycles. The summed E-state index contributed by atoms with van der Waals surface area (Å²) in [6, 6.07) is 19.7. The molecule has 7 nitrogen and oxygen atoms in total. The summed E-state index contributed by atoms with van der Waals surface area (Å²) in [7, 11) is -3.91. The number of benzene rings is 3. The van der Waals surface area contributed by atoms with Crippen LogP contribution in [-0.4, -0.2) is 27.0 Å². The molecule has 168 valence electrons. The number of aryl methyl sites for hydroxylation is 1. The number of anilines is 1. The van der Waals surface area contributed by atoms with Crippen molar-refractivity contribution in [2.45, 2.75) is 31.7 Å². The number of para-hydroxylation sites is 3. The molecule has 0 fully saturated rings. The summed E-state index contributed by atoms with van der Waals surface area (Å²) in [6.45, 7) is 5.59. The first-order chi connectivity index (χ1) is 15.3. The second-order valence-corrected chi connectivity index (χ2v) is 8.82. The average Bonchev–Trinajstić information content (AvgIpc) is 2.77. The second kappa shape index (κ2) is 10.3. The molecule has 0 aliphatic heterocycles. The molecule has 0 radical (unpaired) electrons. The molecule has 0 unspecified atom stereocenters. The van der Waals surface area contributed by atoms with Crippen LogP contribution in [0.2, 0.25) is 0 Å². The molecule has 32 heavy (non-hydrogen) atoms. The summed E-state index contributed by atoms with van der Waals surface area (Å²) in [6.07, 6.45) is 0. The molecule has 8 heteroatoms. The van der Waals surface area contributed by atoms with E-state index in [0.29, 0.717) is 35.1 Å². The molecular formula is C24H26N2O5S. The van der Waals surface area contributed by atoms with Gasteiger partial charge in [0, 0.05) is 0 Å². The first-order valence-corrected chi connectivity index (χ1v) is 11.7. The van der Waals surface area contributed by atoms with E-state index in [1.165, 1.54) is 19.1 Å². The summed E-state index contributed by atoms with van der Waals surface area (Å²) in [5.74, 6) is 1.17. The Hall–Kier alpha value is -3.36. The molecule has 2 N–H and O–H groups in total. The lowest BCUT2D eigenvalue weighted by atomic mass is 10.2. The number of sulfonamides is 1. The first kappa shape index (κ1) is 23.3. The van der Waals surface area contributed by atoms with Crippen LogP contribution in [0.25, 0.3) is 0 Å². The van der Waals surface area contributed by atoms with Crippen molar-refractivity contribution in [3.63, 3.8) is 0 Å². The van der Waals surface area contributed by atoms with Crippen molar-refractivity contribution in [1.29, 1.82) is 0 Å². The van der Waals surface area contributed by atoms with Crippen LogP contribution in [0, 0.1) is 6.92 Å². The number of hydrogen-bond acceptors (Lipinski definition) is 5. The summed E-state index contributed by atoms with van der Waals surface area (Å²) in [5, 5.41) is 2.73. The van der Waals surface area contributed by atoms with E-state index in [0.717, 1.165) is 0 Å². The maximum absolute atomic E-state index is 12.8. The molecule has 0 aromatic heterocycles. The van der Waals surface area contributed by atoms with Crippen LogP contribution in [0.3, 0.4) is 0 Å². The van der Waals surface area contributed by atoms with Crippen molar-refractivity contribution >= 4 is 21.6 Å². The Kier molecular flexibility index (Phi) is 7.50. The van der Waals surface area contributed by atoms with Crippen LogP contribution in [-0.2, 0) is 14.8 Å². The quantitative estimate of drug-likeness (QED) is 0.497. The van der Waals surface area contributed by atoms with E-state index in [-0.39, 0.29) is 4.90 Å². The van der Waals surface area contributed by atoms with Crippen molar-refractivity contribution in [1.82, 2.24) is 4.72 Å². The standard InChI is InChI=1S/C24H26N2O5S/c1-4-30-22-15-14-20(16-17(22)2)32(28,29)26-18(3)24(27)25-21-12-8-9-13-23(21)31-19-10-6-5-7-11-19/h5-16,18,26H,4H2,1-3H3,(H,25,27)/t18-/m1/s1. The fraction of sp³-hybridized carbons (Fsp3) is 0.208. The molecule has 0 bridgehead atoms. The number of amides is 1. The third-order valence-corrected chi connectivity index (χ3v) is 6.14. The van der Waals surface area contributed by atoms with Gasteiger partial charge in [-0.2, -0.15) is 4.72 Å². The van der Waals surface area contributed by atoms with E-state index in [2.05, 4.69) is 10.0 Å². The van der Waals surface area contributed by atoms with E-state index in [1.807, 2.05) is 25.1 Å². The Morgan fingerprint density at radius 2 is 1.66 bits per heavy atom. The Bertz CT molecular complexity index is 1180. The highest BCUT2D eigenvalue weighted by Gasteiger charge is 2.23. The smallest absolute Gasteiger partial charge is 0.242 e. The molecule has 3 rings (SSSR count). The highest BCUT2D eigenvalue weighted by Crippen LogP contribution is 2.29. The maximum Gasteiger partial charge on any atom is 0.242 e. The summed E-state index contributed by atoms with van der Waals surface area (Å²) < 4.78 is 39.3. The average molecular weight is 455 g/mol. The first-order valence-electron chi connectivity index (χ1n) is 10.2. The Balaban J connectivity index is 1.71. The van der Waals surface area contributed by atoms with Crippen LogP contribution in [0.1, 0.15) is 19.4 Å². The molecule has 0 heterocycles. The summed E-state index contributed by atoms with van der Waals surface area (Å²) in [5.41, 5.74) is 1.13. The number of rotatable bonds is 9. The minimum Gasteiger partial charge on any atom is -0.494 e. The molecule has 3 aromatic carbocycles. The highest BCUT2D eigenvalue weighted by molar-refractivity contribution is 7.89. The van der Waals surface area contributed by atoms with Crippen molar-refractivity contribution in [2.24, 2.45) is 0 Å². The van der Waals surface area contributed by atoms with Gasteiger partial charge in [-0.15, -0.1) is 0 Å². The summed E-state index contributed by atoms with van der Waals surface area (Å²) in [4.78, 5) is 12.8. The van der Waals surface area contributed by atoms with Gasteiger partial charge >= 0.3 is 0 Å². The number of hydrogen-bond donors (Lipinski definition) is 2. The summed E-state index contributed by atoms with van der Waals surface area (Å²) >= 11 is 0. The monoisotopic (exact) mass is 454 g/mol. The SMILES string of the molecule is CCOc1ccc(S(=O)(=O)N[C@H](C)C(=O)Nc2ccccc2Oc2ccccc2)cc1C. The topological polar surface area (TPSA) is 93.7 Å². The molecule has 1 atom stereocenters. The molecule has 0 spiro atoms. The number of carbonyl (C=O) groups is 1. The minimum atomic E-state index is -3.91. The van der Waals surface area contributed by atoms with Gasteiger partial charge < -0.3 is 14.8 Å². The lowest BCUT2D eigenvalue weighted by Crippen LogP contribution is -2.41. The third kappa shape index (κ3) is 5.87. The Morgan fingerprint density at radius 1 is 0.969 bits per heavy atom. The van der Waals surface area contributed by atoms with Gasteiger partial charge in [0.05, 0.1) is 23.2 Å². The zero-order valence-electron chi connectivity index (χ0n) is 18.2. The highest BCUT2D eigenvalue weighted by atomic mass is 32.2. The van der Waals surface area contributed by atoms with E-state index < -0.39 is 22.0 Å². The molecule has 0 aliphatic rings. The lowest BCUT2D eigenvalue weighted by molar-refractivity contribution is -0.117. The third-order valence-electron chi connectivity index (χ3n) is 4.60. The Labute approximate surface area is 188 Å². The van der Waals surface area contributed by atoms with Crippen molar-refractivity contribution < 1.29 is 22.7 Å². The van der Waals surface area contributed by atoms with E-state index in [1.54, 1.807) is 49.4 Å². The van der Waals surface area contributed by atoms with Crippen molar-refractivity contribution in [2.75, 3.05) is 11.9 Å².